The Morgan fingerprint density at radius 3 is 3.21 bits per heavy atom. The van der Waals surface area contributed by atoms with Crippen molar-refractivity contribution in [1.82, 2.24) is 10.3 Å². The summed E-state index contributed by atoms with van der Waals surface area (Å²) in [5.41, 5.74) is 3.68. The molecule has 0 fully saturated rings. The zero-order chi connectivity index (χ0) is 9.97. The van der Waals surface area contributed by atoms with Gasteiger partial charge >= 0.3 is 6.09 Å². The molecule has 0 saturated carbocycles. The standard InChI is InChI=1S/C9H8N2O2S/c12-9(13)10-4-6-1-2-7-8(3-6)14-5-11-7/h1-3,5,10H,4H2,(H,12,13). The second-order valence-corrected chi connectivity index (χ2v) is 3.70. The van der Waals surface area contributed by atoms with Crippen LogP contribution in [-0.2, 0) is 6.54 Å². The maximum absolute atomic E-state index is 10.3. The van der Waals surface area contributed by atoms with Crippen LogP contribution in [0.3, 0.4) is 0 Å². The first-order chi connectivity index (χ1) is 6.75. The fourth-order valence-corrected chi connectivity index (χ4v) is 1.93. The first kappa shape index (κ1) is 8.96. The van der Waals surface area contributed by atoms with Crippen LogP contribution in [0.25, 0.3) is 10.2 Å². The third-order valence-electron chi connectivity index (χ3n) is 1.84. The minimum Gasteiger partial charge on any atom is -0.465 e. The molecule has 72 valence electrons. The summed E-state index contributed by atoms with van der Waals surface area (Å²) in [6.45, 7) is 0.336. The van der Waals surface area contributed by atoms with Gasteiger partial charge in [-0.1, -0.05) is 6.07 Å². The fraction of sp³-hybridized carbons (Fsp3) is 0.111. The average Bonchev–Trinajstić information content (AvgIpc) is 2.61. The number of hydrogen-bond acceptors (Lipinski definition) is 3. The molecule has 1 aromatic heterocycles. The molecule has 1 amide bonds. The van der Waals surface area contributed by atoms with E-state index in [1.54, 1.807) is 16.8 Å². The molecule has 0 spiro atoms. The van der Waals surface area contributed by atoms with Crippen molar-refractivity contribution in [2.24, 2.45) is 0 Å². The smallest absolute Gasteiger partial charge is 0.404 e. The van der Waals surface area contributed by atoms with Crippen molar-refractivity contribution in [2.45, 2.75) is 6.54 Å². The first-order valence-electron chi connectivity index (χ1n) is 4.04. The lowest BCUT2D eigenvalue weighted by atomic mass is 10.2. The highest BCUT2D eigenvalue weighted by molar-refractivity contribution is 7.16. The Kier molecular flexibility index (Phi) is 2.32. The maximum atomic E-state index is 10.3. The molecule has 1 heterocycles. The number of aromatic nitrogens is 1. The molecule has 0 saturated heterocycles. The van der Waals surface area contributed by atoms with Crippen LogP contribution in [-0.4, -0.2) is 16.2 Å². The highest BCUT2D eigenvalue weighted by atomic mass is 32.1. The van der Waals surface area contributed by atoms with Gasteiger partial charge in [0.25, 0.3) is 0 Å². The van der Waals surface area contributed by atoms with Gasteiger partial charge < -0.3 is 10.4 Å². The van der Waals surface area contributed by atoms with Gasteiger partial charge in [0.15, 0.2) is 0 Å². The van der Waals surface area contributed by atoms with E-state index in [9.17, 15) is 4.79 Å². The van der Waals surface area contributed by atoms with Crippen molar-refractivity contribution in [3.8, 4) is 0 Å². The maximum Gasteiger partial charge on any atom is 0.404 e. The third kappa shape index (κ3) is 1.82. The van der Waals surface area contributed by atoms with Gasteiger partial charge in [0.05, 0.1) is 15.7 Å². The number of carboxylic acid groups (broad SMARTS) is 1. The van der Waals surface area contributed by atoms with E-state index in [0.717, 1.165) is 15.8 Å². The summed E-state index contributed by atoms with van der Waals surface area (Å²) >= 11 is 1.55. The lowest BCUT2D eigenvalue weighted by Crippen LogP contribution is -2.19. The minimum atomic E-state index is -1.01. The van der Waals surface area contributed by atoms with Crippen molar-refractivity contribution < 1.29 is 9.90 Å². The summed E-state index contributed by atoms with van der Waals surface area (Å²) in [4.78, 5) is 14.4. The summed E-state index contributed by atoms with van der Waals surface area (Å²) in [7, 11) is 0. The predicted octanol–water partition coefficient (Wildman–Crippen LogP) is 2.06. The summed E-state index contributed by atoms with van der Waals surface area (Å²) in [6.07, 6.45) is -1.01. The fourth-order valence-electron chi connectivity index (χ4n) is 1.19. The Morgan fingerprint density at radius 2 is 2.43 bits per heavy atom. The Morgan fingerprint density at radius 1 is 1.57 bits per heavy atom. The molecule has 0 radical (unpaired) electrons. The molecule has 0 aliphatic carbocycles. The van der Waals surface area contributed by atoms with Crippen molar-refractivity contribution in [3.63, 3.8) is 0 Å². The Hall–Kier alpha value is -1.62. The summed E-state index contributed by atoms with van der Waals surface area (Å²) in [6, 6.07) is 5.71. The zero-order valence-electron chi connectivity index (χ0n) is 7.23. The van der Waals surface area contributed by atoms with Crippen LogP contribution in [0.5, 0.6) is 0 Å². The van der Waals surface area contributed by atoms with Gasteiger partial charge in [0, 0.05) is 6.54 Å². The summed E-state index contributed by atoms with van der Waals surface area (Å²) in [5, 5.41) is 10.7. The number of nitrogens with one attached hydrogen (secondary N) is 1. The number of rotatable bonds is 2. The van der Waals surface area contributed by atoms with Crippen LogP contribution in [0.2, 0.25) is 0 Å². The normalized spacial score (nSPS) is 10.3. The van der Waals surface area contributed by atoms with Crippen molar-refractivity contribution >= 4 is 27.6 Å². The SMILES string of the molecule is O=C(O)NCc1ccc2ncsc2c1. The largest absolute Gasteiger partial charge is 0.465 e. The van der Waals surface area contributed by atoms with E-state index < -0.39 is 6.09 Å². The van der Waals surface area contributed by atoms with Crippen molar-refractivity contribution in [1.29, 1.82) is 0 Å². The minimum absolute atomic E-state index is 0.336. The van der Waals surface area contributed by atoms with E-state index in [0.29, 0.717) is 6.54 Å². The molecule has 5 heteroatoms. The van der Waals surface area contributed by atoms with Crippen LogP contribution in [0.15, 0.2) is 23.7 Å². The van der Waals surface area contributed by atoms with Crippen LogP contribution < -0.4 is 5.32 Å². The van der Waals surface area contributed by atoms with E-state index in [4.69, 9.17) is 5.11 Å². The van der Waals surface area contributed by atoms with Crippen LogP contribution in [0, 0.1) is 0 Å². The van der Waals surface area contributed by atoms with E-state index >= 15 is 0 Å². The average molecular weight is 208 g/mol. The number of fused-ring (bicyclic) bond motifs is 1. The second-order valence-electron chi connectivity index (χ2n) is 2.81. The topological polar surface area (TPSA) is 62.2 Å². The zero-order valence-corrected chi connectivity index (χ0v) is 8.04. The molecule has 2 N–H and O–H groups in total. The highest BCUT2D eigenvalue weighted by Gasteiger charge is 2.00. The summed E-state index contributed by atoms with van der Waals surface area (Å²) in [5.74, 6) is 0. The molecule has 0 bridgehead atoms. The third-order valence-corrected chi connectivity index (χ3v) is 2.63. The van der Waals surface area contributed by atoms with Gasteiger partial charge in [0.1, 0.15) is 0 Å². The monoisotopic (exact) mass is 208 g/mol. The Balaban J connectivity index is 2.21. The van der Waals surface area contributed by atoms with Gasteiger partial charge in [-0.2, -0.15) is 0 Å². The lowest BCUT2D eigenvalue weighted by molar-refractivity contribution is 0.194. The van der Waals surface area contributed by atoms with Gasteiger partial charge in [-0.15, -0.1) is 11.3 Å². The quantitative estimate of drug-likeness (QED) is 0.794. The van der Waals surface area contributed by atoms with Crippen LogP contribution in [0.1, 0.15) is 5.56 Å². The second kappa shape index (κ2) is 3.63. The molecule has 4 nitrogen and oxygen atoms in total. The number of carbonyl (C=O) groups is 1. The summed E-state index contributed by atoms with van der Waals surface area (Å²) < 4.78 is 1.08. The molecule has 0 unspecified atom stereocenters. The van der Waals surface area contributed by atoms with Crippen LogP contribution >= 0.6 is 11.3 Å². The van der Waals surface area contributed by atoms with Gasteiger partial charge in [0.2, 0.25) is 0 Å². The molecule has 0 atom stereocenters. The van der Waals surface area contributed by atoms with Gasteiger partial charge in [-0.3, -0.25) is 0 Å². The number of benzene rings is 1. The highest BCUT2D eigenvalue weighted by Crippen LogP contribution is 2.18. The molecule has 0 aliphatic rings. The molecular formula is C9H8N2O2S. The van der Waals surface area contributed by atoms with Crippen LogP contribution in [0.4, 0.5) is 4.79 Å². The Labute approximate surface area is 84.2 Å². The molecule has 2 rings (SSSR count). The molecule has 2 aromatic rings. The first-order valence-corrected chi connectivity index (χ1v) is 4.92. The molecule has 0 aliphatic heterocycles. The molecule has 14 heavy (non-hydrogen) atoms. The number of hydrogen-bond donors (Lipinski definition) is 2. The lowest BCUT2D eigenvalue weighted by Gasteiger charge is -2.00. The van der Waals surface area contributed by atoms with Crippen molar-refractivity contribution in [3.05, 3.63) is 29.3 Å². The number of amides is 1. The van der Waals surface area contributed by atoms with E-state index in [-0.39, 0.29) is 0 Å². The van der Waals surface area contributed by atoms with E-state index in [1.807, 2.05) is 18.2 Å². The van der Waals surface area contributed by atoms with Gasteiger partial charge in [-0.25, -0.2) is 9.78 Å². The molecular weight excluding hydrogens is 200 g/mol. The number of thiazole rings is 1. The van der Waals surface area contributed by atoms with E-state index in [1.165, 1.54) is 0 Å². The Bertz CT molecular complexity index is 467. The van der Waals surface area contributed by atoms with E-state index in [2.05, 4.69) is 10.3 Å². The molecule has 1 aromatic carbocycles. The predicted molar refractivity (Wildman–Crippen MR) is 54.5 cm³/mol. The van der Waals surface area contributed by atoms with Gasteiger partial charge in [-0.05, 0) is 17.7 Å². The number of nitrogens with zero attached hydrogens (tertiary/aromatic N) is 1. The van der Waals surface area contributed by atoms with Crippen molar-refractivity contribution in [2.75, 3.05) is 0 Å².